The molecule has 0 radical (unpaired) electrons. The second kappa shape index (κ2) is 21.2. The molecule has 0 aliphatic carbocycles. The van der Waals surface area contributed by atoms with E-state index in [9.17, 15) is 18.8 Å². The Hall–Kier alpha value is -4.50. The predicted molar refractivity (Wildman–Crippen MR) is 174 cm³/mol. The zero-order valence-electron chi connectivity index (χ0n) is 25.4. The van der Waals surface area contributed by atoms with Gasteiger partial charge in [-0.1, -0.05) is 47.3 Å². The number of anilines is 3. The smallest absolute Gasteiger partial charge is 0.412 e. The minimum atomic E-state index is -0.629. The van der Waals surface area contributed by atoms with Gasteiger partial charge in [-0.3, -0.25) is 16.0 Å². The second-order valence-electron chi connectivity index (χ2n) is 9.25. The Morgan fingerprint density at radius 2 is 1.20 bits per heavy atom. The maximum Gasteiger partial charge on any atom is 0.412 e. The maximum absolute atomic E-state index is 12.8. The molecule has 3 N–H and O–H groups in total. The van der Waals surface area contributed by atoms with E-state index < -0.39 is 30.2 Å². The Bertz CT molecular complexity index is 1420. The van der Waals surface area contributed by atoms with Crippen LogP contribution in [0.2, 0.25) is 10.0 Å². The molecular weight excluding hydrogens is 628 g/mol. The second-order valence-corrected chi connectivity index (χ2v) is 10.1. The molecule has 0 aliphatic heterocycles. The Balaban J connectivity index is 0.000000338. The highest BCUT2D eigenvalue weighted by atomic mass is 35.5. The lowest BCUT2D eigenvalue weighted by Crippen LogP contribution is -2.23. The van der Waals surface area contributed by atoms with Crippen molar-refractivity contribution in [3.8, 4) is 12.3 Å². The molecule has 0 aliphatic rings. The number of hydrogen-bond donors (Lipinski definition) is 3. The van der Waals surface area contributed by atoms with Crippen LogP contribution in [0.4, 0.5) is 35.8 Å². The van der Waals surface area contributed by atoms with Gasteiger partial charge in [-0.2, -0.15) is 0 Å². The topological polar surface area (TPSA) is 124 Å². The molecule has 0 fully saturated rings. The molecular formula is C32H36Cl2FN3O7. The van der Waals surface area contributed by atoms with Crippen molar-refractivity contribution in [2.45, 2.75) is 46.0 Å². The number of carbonyl (C=O) groups excluding carboxylic acids is 3. The first-order chi connectivity index (χ1) is 21.3. The van der Waals surface area contributed by atoms with Crippen molar-refractivity contribution in [2.75, 3.05) is 29.7 Å². The molecule has 3 rings (SSSR count). The molecule has 0 aromatic heterocycles. The number of terminal acetylenes is 1. The molecule has 3 aromatic carbocycles. The van der Waals surface area contributed by atoms with Gasteiger partial charge in [-0.05, 0) is 82.3 Å². The van der Waals surface area contributed by atoms with Gasteiger partial charge in [0.15, 0.2) is 6.10 Å². The van der Waals surface area contributed by atoms with Crippen LogP contribution >= 0.6 is 23.2 Å². The number of benzene rings is 3. The van der Waals surface area contributed by atoms with Gasteiger partial charge in [-0.15, -0.1) is 6.42 Å². The zero-order valence-corrected chi connectivity index (χ0v) is 26.9. The third-order valence-electron chi connectivity index (χ3n) is 4.78. The lowest BCUT2D eigenvalue weighted by molar-refractivity contribution is 0.0564. The summed E-state index contributed by atoms with van der Waals surface area (Å²) in [5.41, 5.74) is 1.55. The van der Waals surface area contributed by atoms with Gasteiger partial charge in [0.2, 0.25) is 0 Å². The summed E-state index contributed by atoms with van der Waals surface area (Å²) in [6, 6.07) is 19.2. The first-order valence-corrected chi connectivity index (χ1v) is 14.2. The number of methoxy groups -OCH3 is 1. The van der Waals surface area contributed by atoms with E-state index in [1.54, 1.807) is 82.3 Å². The van der Waals surface area contributed by atoms with Crippen LogP contribution in [-0.2, 0) is 18.9 Å². The molecule has 2 unspecified atom stereocenters. The van der Waals surface area contributed by atoms with Gasteiger partial charge in [0.05, 0.1) is 12.7 Å². The van der Waals surface area contributed by atoms with Crippen molar-refractivity contribution < 1.29 is 37.7 Å². The number of carbonyl (C=O) groups is 3. The SMILES string of the molecule is C#CC(C)OC(=O)Nc1cccc(Cl)c1.CC(C)OC(=O)Nc1cccc(Cl)c1.COCC(C)OC(=O)Nc1cccc(F)c1. The lowest BCUT2D eigenvalue weighted by atomic mass is 10.3. The molecule has 2 atom stereocenters. The zero-order chi connectivity index (χ0) is 33.8. The van der Waals surface area contributed by atoms with E-state index in [0.29, 0.717) is 33.7 Å². The van der Waals surface area contributed by atoms with E-state index in [-0.39, 0.29) is 12.2 Å². The first kappa shape index (κ1) is 38.5. The summed E-state index contributed by atoms with van der Waals surface area (Å²) in [5.74, 6) is 1.87. The largest absolute Gasteiger partial charge is 0.447 e. The average Bonchev–Trinajstić information content (AvgIpc) is 2.93. The van der Waals surface area contributed by atoms with Crippen molar-refractivity contribution in [3.63, 3.8) is 0 Å². The van der Waals surface area contributed by atoms with E-state index in [2.05, 4.69) is 21.9 Å². The van der Waals surface area contributed by atoms with Crippen molar-refractivity contribution in [1.82, 2.24) is 0 Å². The van der Waals surface area contributed by atoms with Crippen molar-refractivity contribution in [3.05, 3.63) is 88.7 Å². The third kappa shape index (κ3) is 18.7. The Morgan fingerprint density at radius 1 is 0.756 bits per heavy atom. The quantitative estimate of drug-likeness (QED) is 0.163. The monoisotopic (exact) mass is 663 g/mol. The third-order valence-corrected chi connectivity index (χ3v) is 5.25. The van der Waals surface area contributed by atoms with Crippen LogP contribution in [-0.4, -0.2) is 50.3 Å². The summed E-state index contributed by atoms with van der Waals surface area (Å²) in [6.45, 7) is 7.21. The summed E-state index contributed by atoms with van der Waals surface area (Å²) in [6.07, 6.45) is 2.34. The lowest BCUT2D eigenvalue weighted by Gasteiger charge is -2.12. The van der Waals surface area contributed by atoms with Crippen LogP contribution in [0.25, 0.3) is 0 Å². The molecule has 242 valence electrons. The number of hydrogen-bond acceptors (Lipinski definition) is 7. The highest BCUT2D eigenvalue weighted by Gasteiger charge is 2.10. The average molecular weight is 665 g/mol. The number of ether oxygens (including phenoxy) is 4. The minimum Gasteiger partial charge on any atom is -0.447 e. The number of amides is 3. The molecule has 3 amide bonds. The normalized spacial score (nSPS) is 11.1. The van der Waals surface area contributed by atoms with Crippen LogP contribution in [0.15, 0.2) is 72.8 Å². The van der Waals surface area contributed by atoms with Crippen molar-refractivity contribution in [2.24, 2.45) is 0 Å². The number of halogens is 3. The van der Waals surface area contributed by atoms with Gasteiger partial charge in [-0.25, -0.2) is 18.8 Å². The molecule has 13 heteroatoms. The Morgan fingerprint density at radius 3 is 1.62 bits per heavy atom. The molecule has 10 nitrogen and oxygen atoms in total. The fourth-order valence-electron chi connectivity index (χ4n) is 3.00. The van der Waals surface area contributed by atoms with Crippen molar-refractivity contribution in [1.29, 1.82) is 0 Å². The summed E-state index contributed by atoms with van der Waals surface area (Å²) in [7, 11) is 1.52. The van der Waals surface area contributed by atoms with Gasteiger partial charge >= 0.3 is 18.3 Å². The predicted octanol–water partition coefficient (Wildman–Crippen LogP) is 8.62. The van der Waals surface area contributed by atoms with Gasteiger partial charge < -0.3 is 18.9 Å². The summed E-state index contributed by atoms with van der Waals surface area (Å²) in [5, 5.41) is 8.61. The van der Waals surface area contributed by atoms with Crippen LogP contribution in [0.1, 0.15) is 27.7 Å². The Kier molecular flexibility index (Phi) is 18.2. The van der Waals surface area contributed by atoms with Crippen LogP contribution in [0.5, 0.6) is 0 Å². The molecule has 0 heterocycles. The maximum atomic E-state index is 12.8. The van der Waals surface area contributed by atoms with E-state index in [1.807, 2.05) is 0 Å². The number of nitrogens with one attached hydrogen (secondary N) is 3. The summed E-state index contributed by atoms with van der Waals surface area (Å²) in [4.78, 5) is 33.7. The van der Waals surface area contributed by atoms with Crippen LogP contribution < -0.4 is 16.0 Å². The number of rotatable bonds is 8. The summed E-state index contributed by atoms with van der Waals surface area (Å²) >= 11 is 11.5. The highest BCUT2D eigenvalue weighted by molar-refractivity contribution is 6.31. The molecule has 0 spiro atoms. The van der Waals surface area contributed by atoms with Crippen molar-refractivity contribution >= 4 is 58.5 Å². The standard InChI is InChI=1S/C11H10ClNO2.C11H14FNO3.C10H12ClNO2/c1-3-8(2)15-11(14)13-10-6-4-5-9(12)7-10;1-8(7-15-2)16-11(14)13-10-5-3-4-9(12)6-10;1-7(2)14-10(13)12-9-5-3-4-8(11)6-9/h1,4-8H,2H3,(H,13,14);3-6,8H,7H2,1-2H3,(H,13,14);3-7H,1-2H3,(H,12,13). The van der Waals surface area contributed by atoms with E-state index in [0.717, 1.165) is 0 Å². The molecule has 0 saturated carbocycles. The van der Waals surface area contributed by atoms with Gasteiger partial charge in [0.1, 0.15) is 11.9 Å². The van der Waals surface area contributed by atoms with Crippen LogP contribution in [0.3, 0.4) is 0 Å². The fourth-order valence-corrected chi connectivity index (χ4v) is 3.38. The molecule has 3 aromatic rings. The van der Waals surface area contributed by atoms with Crippen LogP contribution in [0, 0.1) is 18.2 Å². The van der Waals surface area contributed by atoms with Gasteiger partial charge in [0, 0.05) is 34.2 Å². The summed E-state index contributed by atoms with van der Waals surface area (Å²) < 4.78 is 32.2. The molecule has 45 heavy (non-hydrogen) atoms. The minimum absolute atomic E-state index is 0.130. The fraction of sp³-hybridized carbons (Fsp3) is 0.281. The Labute approximate surface area is 272 Å². The van der Waals surface area contributed by atoms with E-state index >= 15 is 0 Å². The first-order valence-electron chi connectivity index (χ1n) is 13.5. The molecule has 0 saturated heterocycles. The van der Waals surface area contributed by atoms with E-state index in [1.165, 1.54) is 25.3 Å². The van der Waals surface area contributed by atoms with E-state index in [4.69, 9.17) is 48.6 Å². The molecule has 0 bridgehead atoms. The van der Waals surface area contributed by atoms with Gasteiger partial charge in [0.25, 0.3) is 0 Å². The highest BCUT2D eigenvalue weighted by Crippen LogP contribution is 2.16.